The van der Waals surface area contributed by atoms with E-state index in [-0.39, 0.29) is 12.5 Å². The Hall–Kier alpha value is -2.05. The van der Waals surface area contributed by atoms with E-state index in [1.807, 2.05) is 13.8 Å². The van der Waals surface area contributed by atoms with Crippen LogP contribution in [0.4, 0.5) is 11.5 Å². The summed E-state index contributed by atoms with van der Waals surface area (Å²) in [6.07, 6.45) is 3.16. The summed E-state index contributed by atoms with van der Waals surface area (Å²) in [7, 11) is 1.76. The minimum atomic E-state index is -0.0663. The fourth-order valence-corrected chi connectivity index (χ4v) is 1.60. The van der Waals surface area contributed by atoms with Gasteiger partial charge in [-0.2, -0.15) is 4.98 Å². The van der Waals surface area contributed by atoms with Crippen LogP contribution in [0.2, 0.25) is 0 Å². The largest absolute Gasteiger partial charge is 0.476 e. The highest BCUT2D eigenvalue weighted by Crippen LogP contribution is 2.26. The van der Waals surface area contributed by atoms with Gasteiger partial charge in [0.05, 0.1) is 13.2 Å². The summed E-state index contributed by atoms with van der Waals surface area (Å²) in [4.78, 5) is 21.5. The van der Waals surface area contributed by atoms with Gasteiger partial charge in [0.25, 0.3) is 0 Å². The number of amides is 1. The lowest BCUT2D eigenvalue weighted by Crippen LogP contribution is -2.36. The maximum absolute atomic E-state index is 11.7. The SMILES string of the molecule is CCCNC(=O)CN(C)c1ncnc(OCCC)c1N. The molecule has 0 aliphatic carbocycles. The van der Waals surface area contributed by atoms with Crippen molar-refractivity contribution in [3.8, 4) is 5.88 Å². The third-order valence-corrected chi connectivity index (χ3v) is 2.58. The molecule has 7 nitrogen and oxygen atoms in total. The molecule has 0 unspecified atom stereocenters. The lowest BCUT2D eigenvalue weighted by atomic mass is 10.4. The number of nitrogens with two attached hydrogens (primary N) is 1. The first-order chi connectivity index (χ1) is 9.60. The maximum Gasteiger partial charge on any atom is 0.242 e. The number of carbonyl (C=O) groups excluding carboxylic acids is 1. The molecule has 112 valence electrons. The zero-order chi connectivity index (χ0) is 15.0. The van der Waals surface area contributed by atoms with Crippen molar-refractivity contribution in [1.29, 1.82) is 0 Å². The van der Waals surface area contributed by atoms with Crippen molar-refractivity contribution in [1.82, 2.24) is 15.3 Å². The predicted octanol–water partition coefficient (Wildman–Crippen LogP) is 0.810. The molecule has 0 aliphatic rings. The highest BCUT2D eigenvalue weighted by Gasteiger charge is 2.15. The fraction of sp³-hybridized carbons (Fsp3) is 0.615. The number of likely N-dealkylation sites (N-methyl/N-ethyl adjacent to an activating group) is 1. The standard InChI is InChI=1S/C13H23N5O2/c1-4-6-15-10(19)8-18(3)12-11(14)13(17-9-16-12)20-7-5-2/h9H,4-8,14H2,1-3H3,(H,15,19). The van der Waals surface area contributed by atoms with Crippen LogP contribution in [0.15, 0.2) is 6.33 Å². The van der Waals surface area contributed by atoms with Gasteiger partial charge in [0.2, 0.25) is 11.8 Å². The molecule has 1 rings (SSSR count). The van der Waals surface area contributed by atoms with Crippen molar-refractivity contribution < 1.29 is 9.53 Å². The summed E-state index contributed by atoms with van der Waals surface area (Å²) >= 11 is 0. The molecular formula is C13H23N5O2. The molecule has 3 N–H and O–H groups in total. The number of nitrogen functional groups attached to an aromatic ring is 1. The number of aromatic nitrogens is 2. The van der Waals surface area contributed by atoms with Gasteiger partial charge in [-0.15, -0.1) is 0 Å². The van der Waals surface area contributed by atoms with Gasteiger partial charge in [0, 0.05) is 13.6 Å². The second kappa shape index (κ2) is 8.19. The van der Waals surface area contributed by atoms with E-state index in [1.165, 1.54) is 6.33 Å². The summed E-state index contributed by atoms with van der Waals surface area (Å²) in [5.41, 5.74) is 6.33. The van der Waals surface area contributed by atoms with Gasteiger partial charge in [-0.3, -0.25) is 4.79 Å². The Morgan fingerprint density at radius 1 is 1.40 bits per heavy atom. The van der Waals surface area contributed by atoms with E-state index in [2.05, 4.69) is 15.3 Å². The molecule has 0 aromatic carbocycles. The quantitative estimate of drug-likeness (QED) is 0.732. The van der Waals surface area contributed by atoms with Crippen LogP contribution in [0, 0.1) is 0 Å². The minimum absolute atomic E-state index is 0.0663. The smallest absolute Gasteiger partial charge is 0.242 e. The van der Waals surface area contributed by atoms with Crippen molar-refractivity contribution in [3.05, 3.63) is 6.33 Å². The molecule has 20 heavy (non-hydrogen) atoms. The van der Waals surface area contributed by atoms with E-state index in [1.54, 1.807) is 11.9 Å². The lowest BCUT2D eigenvalue weighted by molar-refractivity contribution is -0.119. The van der Waals surface area contributed by atoms with Gasteiger partial charge >= 0.3 is 0 Å². The Balaban J connectivity index is 2.72. The number of hydrogen-bond acceptors (Lipinski definition) is 6. The molecule has 0 saturated heterocycles. The van der Waals surface area contributed by atoms with Gasteiger partial charge in [0.1, 0.15) is 12.0 Å². The predicted molar refractivity (Wildman–Crippen MR) is 78.8 cm³/mol. The molecule has 0 spiro atoms. The molecule has 0 aliphatic heterocycles. The molecule has 1 amide bonds. The number of anilines is 2. The average Bonchev–Trinajstić information content (AvgIpc) is 2.43. The van der Waals surface area contributed by atoms with E-state index in [0.29, 0.717) is 30.5 Å². The van der Waals surface area contributed by atoms with Crippen molar-refractivity contribution in [2.24, 2.45) is 0 Å². The zero-order valence-corrected chi connectivity index (χ0v) is 12.3. The molecule has 7 heteroatoms. The van der Waals surface area contributed by atoms with E-state index in [0.717, 1.165) is 12.8 Å². The number of hydrogen-bond donors (Lipinski definition) is 2. The number of carbonyl (C=O) groups is 1. The third kappa shape index (κ3) is 4.56. The van der Waals surface area contributed by atoms with Crippen LogP contribution in [0.25, 0.3) is 0 Å². The Labute approximate surface area is 119 Å². The van der Waals surface area contributed by atoms with Gasteiger partial charge in [0.15, 0.2) is 5.82 Å². The molecule has 0 bridgehead atoms. The maximum atomic E-state index is 11.7. The topological polar surface area (TPSA) is 93.4 Å². The summed E-state index contributed by atoms with van der Waals surface area (Å²) in [6, 6.07) is 0. The summed E-state index contributed by atoms with van der Waals surface area (Å²) in [5, 5.41) is 2.81. The van der Waals surface area contributed by atoms with Crippen molar-refractivity contribution in [3.63, 3.8) is 0 Å². The van der Waals surface area contributed by atoms with Crippen molar-refractivity contribution in [2.45, 2.75) is 26.7 Å². The first kappa shape index (κ1) is 16.0. The minimum Gasteiger partial charge on any atom is -0.476 e. The molecular weight excluding hydrogens is 258 g/mol. The second-order valence-corrected chi connectivity index (χ2v) is 4.47. The molecule has 0 saturated carbocycles. The van der Waals surface area contributed by atoms with E-state index in [9.17, 15) is 4.79 Å². The van der Waals surface area contributed by atoms with Crippen LogP contribution in [0.5, 0.6) is 5.88 Å². The number of rotatable bonds is 8. The highest BCUT2D eigenvalue weighted by atomic mass is 16.5. The normalized spacial score (nSPS) is 10.2. The van der Waals surface area contributed by atoms with Crippen LogP contribution in [0.3, 0.4) is 0 Å². The van der Waals surface area contributed by atoms with Gasteiger partial charge < -0.3 is 20.7 Å². The molecule has 0 radical (unpaired) electrons. The van der Waals surface area contributed by atoms with Crippen molar-refractivity contribution >= 4 is 17.4 Å². The van der Waals surface area contributed by atoms with Crippen LogP contribution >= 0.6 is 0 Å². The first-order valence-electron chi connectivity index (χ1n) is 6.81. The van der Waals surface area contributed by atoms with Crippen LogP contribution in [-0.4, -0.2) is 42.6 Å². The molecule has 1 aromatic heterocycles. The first-order valence-corrected chi connectivity index (χ1v) is 6.81. The molecule has 0 fully saturated rings. The number of nitrogens with zero attached hydrogens (tertiary/aromatic N) is 3. The van der Waals surface area contributed by atoms with E-state index in [4.69, 9.17) is 10.5 Å². The summed E-state index contributed by atoms with van der Waals surface area (Å²) in [6.45, 7) is 5.40. The van der Waals surface area contributed by atoms with E-state index < -0.39 is 0 Å². The zero-order valence-electron chi connectivity index (χ0n) is 12.3. The molecule has 1 aromatic rings. The fourth-order valence-electron chi connectivity index (χ4n) is 1.60. The Morgan fingerprint density at radius 3 is 2.80 bits per heavy atom. The third-order valence-electron chi connectivity index (χ3n) is 2.58. The Kier molecular flexibility index (Phi) is 6.55. The summed E-state index contributed by atoms with van der Waals surface area (Å²) < 4.78 is 5.44. The van der Waals surface area contributed by atoms with Gasteiger partial charge in [-0.1, -0.05) is 13.8 Å². The monoisotopic (exact) mass is 281 g/mol. The average molecular weight is 281 g/mol. The van der Waals surface area contributed by atoms with E-state index >= 15 is 0 Å². The second-order valence-electron chi connectivity index (χ2n) is 4.47. The number of nitrogens with one attached hydrogen (secondary N) is 1. The lowest BCUT2D eigenvalue weighted by Gasteiger charge is -2.20. The van der Waals surface area contributed by atoms with Gasteiger partial charge in [-0.25, -0.2) is 4.98 Å². The molecule has 0 atom stereocenters. The highest BCUT2D eigenvalue weighted by molar-refractivity contribution is 5.82. The van der Waals surface area contributed by atoms with Crippen LogP contribution < -0.4 is 20.7 Å². The Morgan fingerprint density at radius 2 is 2.15 bits per heavy atom. The Bertz CT molecular complexity index is 439. The number of ether oxygens (including phenoxy) is 1. The van der Waals surface area contributed by atoms with Gasteiger partial charge in [-0.05, 0) is 12.8 Å². The van der Waals surface area contributed by atoms with Crippen LogP contribution in [0.1, 0.15) is 26.7 Å². The molecule has 1 heterocycles. The van der Waals surface area contributed by atoms with Crippen LogP contribution in [-0.2, 0) is 4.79 Å². The summed E-state index contributed by atoms with van der Waals surface area (Å²) in [5.74, 6) is 0.791. The van der Waals surface area contributed by atoms with Crippen molar-refractivity contribution in [2.75, 3.05) is 37.4 Å².